The van der Waals surface area contributed by atoms with Crippen molar-refractivity contribution in [1.82, 2.24) is 5.32 Å². The van der Waals surface area contributed by atoms with Crippen LogP contribution in [0.15, 0.2) is 24.3 Å². The van der Waals surface area contributed by atoms with Crippen LogP contribution in [0.4, 0.5) is 5.69 Å². The second kappa shape index (κ2) is 9.66. The zero-order chi connectivity index (χ0) is 14.8. The quantitative estimate of drug-likeness (QED) is 0.510. The number of hydrogen-bond acceptors (Lipinski definition) is 3. The van der Waals surface area contributed by atoms with Crippen LogP contribution in [-0.4, -0.2) is 24.1 Å². The molecular weight excluding hydrogens is 296 g/mol. The number of para-hydroxylation sites is 1. The average molecular weight is 315 g/mol. The molecule has 0 spiro atoms. The van der Waals surface area contributed by atoms with Crippen LogP contribution in [0.1, 0.15) is 25.7 Å². The minimum absolute atomic E-state index is 0.0440. The van der Waals surface area contributed by atoms with Crippen molar-refractivity contribution >= 4 is 41.7 Å². The molecule has 0 saturated carbocycles. The first-order valence-corrected chi connectivity index (χ1v) is 7.56. The Morgan fingerprint density at radius 2 is 1.85 bits per heavy atom. The number of rotatable bonds is 8. The van der Waals surface area contributed by atoms with Gasteiger partial charge in [0.2, 0.25) is 11.8 Å². The van der Waals surface area contributed by atoms with E-state index in [1.54, 1.807) is 12.1 Å². The number of hydrogen-bond donors (Lipinski definition) is 3. The molecule has 0 aromatic heterocycles. The highest BCUT2D eigenvalue weighted by molar-refractivity contribution is 7.81. The molecule has 1 rings (SSSR count). The molecule has 0 unspecified atom stereocenters. The molecule has 0 aliphatic carbocycles. The molecule has 110 valence electrons. The first kappa shape index (κ1) is 16.9. The second-order valence-electron chi connectivity index (χ2n) is 4.35. The lowest BCUT2D eigenvalue weighted by Crippen LogP contribution is -2.25. The molecule has 20 heavy (non-hydrogen) atoms. The smallest absolute Gasteiger partial charge is 0.229 e. The molecule has 4 nitrogen and oxygen atoms in total. The van der Waals surface area contributed by atoms with Gasteiger partial charge in [-0.15, -0.1) is 0 Å². The molecule has 6 heteroatoms. The molecule has 0 atom stereocenters. The standard InChI is InChI=1S/C14H19ClN2O2S/c15-11-6-3-4-7-12(11)17-13(18)8-2-1-5-9-16-14(19)10-20/h3-4,6-7,20H,1-2,5,8-10H2,(H,16,19)(H,17,18). The van der Waals surface area contributed by atoms with E-state index in [0.29, 0.717) is 23.7 Å². The van der Waals surface area contributed by atoms with E-state index in [1.807, 2.05) is 12.1 Å². The van der Waals surface area contributed by atoms with Crippen LogP contribution >= 0.6 is 24.2 Å². The van der Waals surface area contributed by atoms with Crippen molar-refractivity contribution in [3.63, 3.8) is 0 Å². The molecule has 2 N–H and O–H groups in total. The molecule has 0 radical (unpaired) electrons. The third-order valence-electron chi connectivity index (χ3n) is 2.69. The largest absolute Gasteiger partial charge is 0.355 e. The van der Waals surface area contributed by atoms with Gasteiger partial charge in [-0.2, -0.15) is 12.6 Å². The lowest BCUT2D eigenvalue weighted by atomic mass is 10.2. The lowest BCUT2D eigenvalue weighted by molar-refractivity contribution is -0.118. The van der Waals surface area contributed by atoms with E-state index >= 15 is 0 Å². The highest BCUT2D eigenvalue weighted by Crippen LogP contribution is 2.20. The minimum Gasteiger partial charge on any atom is -0.355 e. The first-order valence-electron chi connectivity index (χ1n) is 6.55. The van der Waals surface area contributed by atoms with Gasteiger partial charge >= 0.3 is 0 Å². The number of unbranched alkanes of at least 4 members (excludes halogenated alkanes) is 2. The molecule has 0 aliphatic rings. The van der Waals surface area contributed by atoms with Crippen LogP contribution < -0.4 is 10.6 Å². The summed E-state index contributed by atoms with van der Waals surface area (Å²) >= 11 is 9.82. The average Bonchev–Trinajstić information content (AvgIpc) is 2.44. The Kier molecular flexibility index (Phi) is 8.14. The second-order valence-corrected chi connectivity index (χ2v) is 5.07. The van der Waals surface area contributed by atoms with Crippen molar-refractivity contribution in [2.24, 2.45) is 0 Å². The number of halogens is 1. The number of carbonyl (C=O) groups is 2. The fourth-order valence-electron chi connectivity index (χ4n) is 1.65. The maximum atomic E-state index is 11.7. The van der Waals surface area contributed by atoms with Crippen molar-refractivity contribution in [3.8, 4) is 0 Å². The van der Waals surface area contributed by atoms with E-state index in [2.05, 4.69) is 23.3 Å². The molecular formula is C14H19ClN2O2S. The van der Waals surface area contributed by atoms with Crippen LogP contribution in [0.3, 0.4) is 0 Å². The Balaban J connectivity index is 2.12. The van der Waals surface area contributed by atoms with Crippen molar-refractivity contribution in [2.45, 2.75) is 25.7 Å². The minimum atomic E-state index is -0.0650. The Bertz CT molecular complexity index is 455. The van der Waals surface area contributed by atoms with Gasteiger partial charge in [0.05, 0.1) is 16.5 Å². The molecule has 0 fully saturated rings. The van der Waals surface area contributed by atoms with Gasteiger partial charge in [0.25, 0.3) is 0 Å². The fourth-order valence-corrected chi connectivity index (χ4v) is 1.94. The Hall–Kier alpha value is -1.20. The molecule has 2 amide bonds. The van der Waals surface area contributed by atoms with Crippen molar-refractivity contribution < 1.29 is 9.59 Å². The normalized spacial score (nSPS) is 10.1. The van der Waals surface area contributed by atoms with Gasteiger partial charge in [0.1, 0.15) is 0 Å². The van der Waals surface area contributed by atoms with Crippen LogP contribution in [0.2, 0.25) is 5.02 Å². The summed E-state index contributed by atoms with van der Waals surface area (Å²) in [6, 6.07) is 7.15. The van der Waals surface area contributed by atoms with Crippen molar-refractivity contribution in [3.05, 3.63) is 29.3 Å². The summed E-state index contributed by atoms with van der Waals surface area (Å²) < 4.78 is 0. The van der Waals surface area contributed by atoms with Crippen LogP contribution in [-0.2, 0) is 9.59 Å². The molecule has 0 bridgehead atoms. The topological polar surface area (TPSA) is 58.2 Å². The van der Waals surface area contributed by atoms with E-state index in [4.69, 9.17) is 11.6 Å². The number of thiol groups is 1. The van der Waals surface area contributed by atoms with Crippen LogP contribution in [0, 0.1) is 0 Å². The summed E-state index contributed by atoms with van der Waals surface area (Å²) in [7, 11) is 0. The number of anilines is 1. The van der Waals surface area contributed by atoms with Gasteiger partial charge in [-0.1, -0.05) is 30.2 Å². The van der Waals surface area contributed by atoms with Crippen molar-refractivity contribution in [2.75, 3.05) is 17.6 Å². The highest BCUT2D eigenvalue weighted by atomic mass is 35.5. The number of nitrogens with one attached hydrogen (secondary N) is 2. The number of carbonyl (C=O) groups excluding carboxylic acids is 2. The summed E-state index contributed by atoms with van der Waals surface area (Å²) in [6.45, 7) is 0.630. The Morgan fingerprint density at radius 1 is 1.10 bits per heavy atom. The van der Waals surface area contributed by atoms with Crippen LogP contribution in [0.5, 0.6) is 0 Å². The zero-order valence-electron chi connectivity index (χ0n) is 11.2. The van der Waals surface area contributed by atoms with Gasteiger partial charge in [-0.25, -0.2) is 0 Å². The van der Waals surface area contributed by atoms with Crippen molar-refractivity contribution in [1.29, 1.82) is 0 Å². The Labute approximate surface area is 129 Å². The van der Waals surface area contributed by atoms with Gasteiger partial charge < -0.3 is 10.6 Å². The van der Waals surface area contributed by atoms with Gasteiger partial charge in [0, 0.05) is 13.0 Å². The zero-order valence-corrected chi connectivity index (χ0v) is 12.8. The van der Waals surface area contributed by atoms with E-state index in [-0.39, 0.29) is 17.6 Å². The number of amides is 2. The summed E-state index contributed by atoms with van der Waals surface area (Å²) in [4.78, 5) is 22.6. The van der Waals surface area contributed by atoms with Gasteiger partial charge in [0.15, 0.2) is 0 Å². The maximum Gasteiger partial charge on any atom is 0.229 e. The SMILES string of the molecule is O=C(CS)NCCCCCC(=O)Nc1ccccc1Cl. The summed E-state index contributed by atoms with van der Waals surface area (Å²) in [5.41, 5.74) is 0.639. The predicted molar refractivity (Wildman–Crippen MR) is 85.4 cm³/mol. The summed E-state index contributed by atoms with van der Waals surface area (Å²) in [6.07, 6.45) is 2.99. The predicted octanol–water partition coefficient (Wildman–Crippen LogP) is 2.88. The molecule has 1 aromatic rings. The maximum absolute atomic E-state index is 11.7. The van der Waals surface area contributed by atoms with Crippen LogP contribution in [0.25, 0.3) is 0 Å². The molecule has 0 heterocycles. The lowest BCUT2D eigenvalue weighted by Gasteiger charge is -2.07. The van der Waals surface area contributed by atoms with Gasteiger partial charge in [-0.05, 0) is 25.0 Å². The van der Waals surface area contributed by atoms with Gasteiger partial charge in [-0.3, -0.25) is 9.59 Å². The van der Waals surface area contributed by atoms with E-state index in [0.717, 1.165) is 19.3 Å². The summed E-state index contributed by atoms with van der Waals surface area (Å²) in [5.74, 6) is 0.0996. The van der Waals surface area contributed by atoms with E-state index in [9.17, 15) is 9.59 Å². The first-order chi connectivity index (χ1) is 9.63. The van der Waals surface area contributed by atoms with E-state index < -0.39 is 0 Å². The summed E-state index contributed by atoms with van der Waals surface area (Å²) in [5, 5.41) is 6.05. The third-order valence-corrected chi connectivity index (χ3v) is 3.31. The fraction of sp³-hybridized carbons (Fsp3) is 0.429. The molecule has 0 aliphatic heterocycles. The third kappa shape index (κ3) is 6.82. The molecule has 0 saturated heterocycles. The number of benzene rings is 1. The monoisotopic (exact) mass is 314 g/mol. The Morgan fingerprint density at radius 3 is 2.55 bits per heavy atom. The molecule has 1 aromatic carbocycles. The van der Waals surface area contributed by atoms with E-state index in [1.165, 1.54) is 0 Å². The highest BCUT2D eigenvalue weighted by Gasteiger charge is 2.04.